The molecule has 0 atom stereocenters. The van der Waals surface area contributed by atoms with Gasteiger partial charge in [0.25, 0.3) is 0 Å². The molecule has 0 saturated heterocycles. The van der Waals surface area contributed by atoms with Crippen LogP contribution in [0.1, 0.15) is 39.5 Å². The summed E-state index contributed by atoms with van der Waals surface area (Å²) in [5.74, 6) is 0.709. The molecular formula is C13H18. The molecule has 0 amide bonds. The minimum atomic E-state index is 0.709. The molecule has 0 heteroatoms. The van der Waals surface area contributed by atoms with Gasteiger partial charge in [-0.1, -0.05) is 37.6 Å². The van der Waals surface area contributed by atoms with E-state index in [0.717, 1.165) is 0 Å². The largest absolute Gasteiger partial charge is 0.0807 e. The molecule has 13 heavy (non-hydrogen) atoms. The Labute approximate surface area is 81.0 Å². The van der Waals surface area contributed by atoms with Crippen LogP contribution < -0.4 is 0 Å². The van der Waals surface area contributed by atoms with Crippen LogP contribution >= 0.6 is 0 Å². The van der Waals surface area contributed by atoms with Crippen molar-refractivity contribution in [3.63, 3.8) is 0 Å². The third-order valence-electron chi connectivity index (χ3n) is 3.09. The highest BCUT2D eigenvalue weighted by atomic mass is 14.2. The lowest BCUT2D eigenvalue weighted by Crippen LogP contribution is -2.05. The van der Waals surface area contributed by atoms with E-state index in [1.54, 1.807) is 16.7 Å². The summed E-state index contributed by atoms with van der Waals surface area (Å²) in [6.07, 6.45) is 12.3. The molecular weight excluding hydrogens is 156 g/mol. The monoisotopic (exact) mass is 174 g/mol. The van der Waals surface area contributed by atoms with Gasteiger partial charge in [0.15, 0.2) is 0 Å². The average Bonchev–Trinajstić information content (AvgIpc) is 2.17. The van der Waals surface area contributed by atoms with Crippen LogP contribution in [0.2, 0.25) is 0 Å². The zero-order valence-corrected chi connectivity index (χ0v) is 8.64. The molecule has 70 valence electrons. The SMILES string of the molecule is CC(C)C1=CC=C2CCCC=C2C1. The lowest BCUT2D eigenvalue weighted by Gasteiger charge is -2.23. The molecule has 2 aliphatic rings. The summed E-state index contributed by atoms with van der Waals surface area (Å²) in [6.45, 7) is 4.57. The van der Waals surface area contributed by atoms with E-state index in [9.17, 15) is 0 Å². The second-order valence-corrected chi connectivity index (χ2v) is 4.39. The topological polar surface area (TPSA) is 0 Å². The van der Waals surface area contributed by atoms with E-state index < -0.39 is 0 Å². The van der Waals surface area contributed by atoms with Crippen molar-refractivity contribution in [2.45, 2.75) is 39.5 Å². The Morgan fingerprint density at radius 2 is 2.00 bits per heavy atom. The molecule has 0 aromatic heterocycles. The van der Waals surface area contributed by atoms with E-state index in [4.69, 9.17) is 0 Å². The highest BCUT2D eigenvalue weighted by Gasteiger charge is 2.15. The van der Waals surface area contributed by atoms with E-state index >= 15 is 0 Å². The van der Waals surface area contributed by atoms with E-state index in [1.165, 1.54) is 25.7 Å². The third-order valence-corrected chi connectivity index (χ3v) is 3.09. The first-order valence-corrected chi connectivity index (χ1v) is 5.36. The molecule has 0 aromatic carbocycles. The predicted octanol–water partition coefficient (Wildman–Crippen LogP) is 4.01. The van der Waals surface area contributed by atoms with Crippen molar-refractivity contribution in [2.75, 3.05) is 0 Å². The Kier molecular flexibility index (Phi) is 2.39. The van der Waals surface area contributed by atoms with Crippen molar-refractivity contribution in [1.82, 2.24) is 0 Å². The normalized spacial score (nSPS) is 21.9. The fourth-order valence-electron chi connectivity index (χ4n) is 2.12. The van der Waals surface area contributed by atoms with Crippen LogP contribution in [0.5, 0.6) is 0 Å². The van der Waals surface area contributed by atoms with Crippen LogP contribution in [-0.2, 0) is 0 Å². The van der Waals surface area contributed by atoms with Gasteiger partial charge in [0.05, 0.1) is 0 Å². The molecule has 0 spiro atoms. The molecule has 0 aliphatic heterocycles. The van der Waals surface area contributed by atoms with Crippen LogP contribution in [0.4, 0.5) is 0 Å². The molecule has 0 heterocycles. The summed E-state index contributed by atoms with van der Waals surface area (Å²) >= 11 is 0. The molecule has 0 N–H and O–H groups in total. The number of hydrogen-bond acceptors (Lipinski definition) is 0. The van der Waals surface area contributed by atoms with Gasteiger partial charge < -0.3 is 0 Å². The summed E-state index contributed by atoms with van der Waals surface area (Å²) in [4.78, 5) is 0. The van der Waals surface area contributed by atoms with Crippen molar-refractivity contribution >= 4 is 0 Å². The Hall–Kier alpha value is -0.780. The zero-order valence-electron chi connectivity index (χ0n) is 8.64. The van der Waals surface area contributed by atoms with Crippen molar-refractivity contribution < 1.29 is 0 Å². The van der Waals surface area contributed by atoms with Crippen LogP contribution in [0.3, 0.4) is 0 Å². The Balaban J connectivity index is 2.24. The first-order chi connectivity index (χ1) is 6.27. The first-order valence-electron chi connectivity index (χ1n) is 5.36. The second kappa shape index (κ2) is 3.53. The average molecular weight is 174 g/mol. The van der Waals surface area contributed by atoms with E-state index in [-0.39, 0.29) is 0 Å². The van der Waals surface area contributed by atoms with E-state index in [2.05, 4.69) is 32.1 Å². The smallest absolute Gasteiger partial charge is 0.00618 e. The highest BCUT2D eigenvalue weighted by molar-refractivity contribution is 5.44. The minimum Gasteiger partial charge on any atom is -0.0807 e. The van der Waals surface area contributed by atoms with Gasteiger partial charge in [-0.3, -0.25) is 0 Å². The molecule has 0 unspecified atom stereocenters. The van der Waals surface area contributed by atoms with Crippen LogP contribution in [0.15, 0.2) is 34.9 Å². The van der Waals surface area contributed by atoms with Crippen molar-refractivity contribution in [3.05, 3.63) is 34.9 Å². The molecule has 2 rings (SSSR count). The summed E-state index contributed by atoms with van der Waals surface area (Å²) in [5.41, 5.74) is 4.80. The Morgan fingerprint density at radius 3 is 2.77 bits per heavy atom. The lowest BCUT2D eigenvalue weighted by atomic mass is 9.82. The zero-order chi connectivity index (χ0) is 9.26. The third kappa shape index (κ3) is 1.77. The number of rotatable bonds is 1. The first kappa shape index (κ1) is 8.80. The maximum Gasteiger partial charge on any atom is -0.00618 e. The van der Waals surface area contributed by atoms with Crippen molar-refractivity contribution in [3.8, 4) is 0 Å². The molecule has 0 saturated carbocycles. The van der Waals surface area contributed by atoms with Crippen molar-refractivity contribution in [1.29, 1.82) is 0 Å². The molecule has 0 fully saturated rings. The van der Waals surface area contributed by atoms with Gasteiger partial charge >= 0.3 is 0 Å². The van der Waals surface area contributed by atoms with Gasteiger partial charge in [-0.25, -0.2) is 0 Å². The number of fused-ring (bicyclic) bond motifs is 1. The number of allylic oxidation sites excluding steroid dienone is 6. The summed E-state index contributed by atoms with van der Waals surface area (Å²) in [7, 11) is 0. The van der Waals surface area contributed by atoms with Gasteiger partial charge in [-0.2, -0.15) is 0 Å². The molecule has 0 radical (unpaired) electrons. The maximum atomic E-state index is 2.44. The molecule has 0 aromatic rings. The van der Waals surface area contributed by atoms with Gasteiger partial charge in [-0.05, 0) is 42.7 Å². The summed E-state index contributed by atoms with van der Waals surface area (Å²) in [5, 5.41) is 0. The lowest BCUT2D eigenvalue weighted by molar-refractivity contribution is 0.713. The second-order valence-electron chi connectivity index (χ2n) is 4.39. The van der Waals surface area contributed by atoms with Gasteiger partial charge in [0, 0.05) is 0 Å². The van der Waals surface area contributed by atoms with E-state index in [0.29, 0.717) is 5.92 Å². The quantitative estimate of drug-likeness (QED) is 0.563. The van der Waals surface area contributed by atoms with Crippen LogP contribution in [-0.4, -0.2) is 0 Å². The van der Waals surface area contributed by atoms with Gasteiger partial charge in [0.2, 0.25) is 0 Å². The maximum absolute atomic E-state index is 2.44. The van der Waals surface area contributed by atoms with Gasteiger partial charge in [-0.15, -0.1) is 0 Å². The molecule has 0 nitrogen and oxygen atoms in total. The standard InChI is InChI=1S/C13H18/c1-10(2)12-8-7-11-5-3-4-6-13(11)9-12/h6-8,10H,3-5,9H2,1-2H3. The highest BCUT2D eigenvalue weighted by Crippen LogP contribution is 2.34. The van der Waals surface area contributed by atoms with Crippen LogP contribution in [0.25, 0.3) is 0 Å². The molecule has 2 aliphatic carbocycles. The molecule has 0 bridgehead atoms. The summed E-state index contributed by atoms with van der Waals surface area (Å²) < 4.78 is 0. The fraction of sp³-hybridized carbons (Fsp3) is 0.538. The van der Waals surface area contributed by atoms with Gasteiger partial charge in [0.1, 0.15) is 0 Å². The van der Waals surface area contributed by atoms with E-state index in [1.807, 2.05) is 0 Å². The fourth-order valence-corrected chi connectivity index (χ4v) is 2.12. The Bertz CT molecular complexity index is 287. The van der Waals surface area contributed by atoms with Crippen molar-refractivity contribution in [2.24, 2.45) is 5.92 Å². The minimum absolute atomic E-state index is 0.709. The predicted molar refractivity (Wildman–Crippen MR) is 57.6 cm³/mol. The van der Waals surface area contributed by atoms with Crippen LogP contribution in [0, 0.1) is 5.92 Å². The Morgan fingerprint density at radius 1 is 1.15 bits per heavy atom. The summed E-state index contributed by atoms with van der Waals surface area (Å²) in [6, 6.07) is 0. The number of hydrogen-bond donors (Lipinski definition) is 0.